The van der Waals surface area contributed by atoms with Gasteiger partial charge in [-0.15, -0.1) is 0 Å². The largest absolute Gasteiger partial charge is 0.494 e. The molecule has 0 bridgehead atoms. The van der Waals surface area contributed by atoms with E-state index in [0.717, 1.165) is 19.0 Å². The van der Waals surface area contributed by atoms with Crippen molar-refractivity contribution in [2.75, 3.05) is 26.4 Å². The summed E-state index contributed by atoms with van der Waals surface area (Å²) in [5.74, 6) is 1.92. The Morgan fingerprint density at radius 3 is 2.58 bits per heavy atom. The van der Waals surface area contributed by atoms with Crippen molar-refractivity contribution in [1.82, 2.24) is 0 Å². The van der Waals surface area contributed by atoms with E-state index in [-0.39, 0.29) is 5.41 Å². The minimum absolute atomic E-state index is 0.0655. The second-order valence-corrected chi connectivity index (χ2v) is 5.70. The summed E-state index contributed by atoms with van der Waals surface area (Å²) in [6.07, 6.45) is 0. The zero-order chi connectivity index (χ0) is 13.9. The van der Waals surface area contributed by atoms with E-state index in [1.54, 1.807) is 0 Å². The first-order chi connectivity index (χ1) is 9.14. The molecule has 1 fully saturated rings. The predicted octanol–water partition coefficient (Wildman–Crippen LogP) is 2.58. The van der Waals surface area contributed by atoms with Crippen LogP contribution in [0, 0.1) is 11.8 Å². The van der Waals surface area contributed by atoms with Crippen LogP contribution in [-0.2, 0) is 10.2 Å². The van der Waals surface area contributed by atoms with E-state index >= 15 is 0 Å². The van der Waals surface area contributed by atoms with Gasteiger partial charge in [0.1, 0.15) is 5.75 Å². The van der Waals surface area contributed by atoms with Crippen molar-refractivity contribution in [2.24, 2.45) is 17.6 Å². The molecule has 0 aliphatic carbocycles. The number of ether oxygens (including phenoxy) is 2. The van der Waals surface area contributed by atoms with Gasteiger partial charge in [-0.3, -0.25) is 0 Å². The first kappa shape index (κ1) is 14.4. The molecule has 0 spiro atoms. The molecule has 2 N–H and O–H groups in total. The second kappa shape index (κ2) is 5.93. The zero-order valence-corrected chi connectivity index (χ0v) is 12.2. The first-order valence-electron chi connectivity index (χ1n) is 7.15. The summed E-state index contributed by atoms with van der Waals surface area (Å²) in [5.41, 5.74) is 7.38. The molecule has 3 heteroatoms. The van der Waals surface area contributed by atoms with E-state index in [4.69, 9.17) is 15.2 Å². The van der Waals surface area contributed by atoms with Gasteiger partial charge in [0.2, 0.25) is 0 Å². The summed E-state index contributed by atoms with van der Waals surface area (Å²) in [5, 5.41) is 0. The van der Waals surface area contributed by atoms with Crippen LogP contribution >= 0.6 is 0 Å². The van der Waals surface area contributed by atoms with Gasteiger partial charge in [0, 0.05) is 5.41 Å². The molecule has 1 atom stereocenters. The summed E-state index contributed by atoms with van der Waals surface area (Å²) in [4.78, 5) is 0. The molecule has 0 saturated carbocycles. The van der Waals surface area contributed by atoms with E-state index in [0.29, 0.717) is 25.0 Å². The molecule has 3 nitrogen and oxygen atoms in total. The lowest BCUT2D eigenvalue weighted by atomic mass is 9.64. The van der Waals surface area contributed by atoms with Crippen molar-refractivity contribution in [3.63, 3.8) is 0 Å². The van der Waals surface area contributed by atoms with Gasteiger partial charge in [0.05, 0.1) is 19.8 Å². The summed E-state index contributed by atoms with van der Waals surface area (Å²) >= 11 is 0. The van der Waals surface area contributed by atoms with Gasteiger partial charge in [-0.05, 0) is 43.0 Å². The maximum atomic E-state index is 6.02. The molecular weight excluding hydrogens is 238 g/mol. The van der Waals surface area contributed by atoms with Gasteiger partial charge >= 0.3 is 0 Å². The number of benzene rings is 1. The second-order valence-electron chi connectivity index (χ2n) is 5.70. The van der Waals surface area contributed by atoms with Crippen LogP contribution in [0.1, 0.15) is 26.3 Å². The normalized spacial score (nSPS) is 19.0. The lowest BCUT2D eigenvalue weighted by Gasteiger charge is -2.49. The molecule has 1 aliphatic heterocycles. The Bertz CT molecular complexity index is 413. The lowest BCUT2D eigenvalue weighted by molar-refractivity contribution is -0.0982. The molecule has 1 saturated heterocycles. The van der Waals surface area contributed by atoms with Crippen LogP contribution in [0.4, 0.5) is 0 Å². The zero-order valence-electron chi connectivity index (χ0n) is 12.2. The van der Waals surface area contributed by atoms with Gasteiger partial charge < -0.3 is 15.2 Å². The highest BCUT2D eigenvalue weighted by Gasteiger charge is 2.47. The minimum atomic E-state index is 0.0655. The molecule has 1 aliphatic rings. The van der Waals surface area contributed by atoms with Crippen LogP contribution in [0.25, 0.3) is 0 Å². The van der Waals surface area contributed by atoms with Gasteiger partial charge in [0.15, 0.2) is 0 Å². The Morgan fingerprint density at radius 2 is 2.11 bits per heavy atom. The van der Waals surface area contributed by atoms with Crippen molar-refractivity contribution < 1.29 is 9.47 Å². The van der Waals surface area contributed by atoms with Crippen LogP contribution in [-0.4, -0.2) is 26.4 Å². The summed E-state index contributed by atoms with van der Waals surface area (Å²) in [6, 6.07) is 8.40. The molecule has 0 aromatic heterocycles. The fourth-order valence-electron chi connectivity index (χ4n) is 3.11. The Hall–Kier alpha value is -1.06. The molecule has 1 heterocycles. The number of hydrogen-bond acceptors (Lipinski definition) is 3. The van der Waals surface area contributed by atoms with Crippen molar-refractivity contribution in [3.05, 3.63) is 29.8 Å². The van der Waals surface area contributed by atoms with Gasteiger partial charge in [-0.25, -0.2) is 0 Å². The van der Waals surface area contributed by atoms with Gasteiger partial charge in [-0.2, -0.15) is 0 Å². The van der Waals surface area contributed by atoms with Gasteiger partial charge in [-0.1, -0.05) is 26.0 Å². The highest BCUT2D eigenvalue weighted by molar-refractivity contribution is 5.36. The maximum Gasteiger partial charge on any atom is 0.119 e. The fourth-order valence-corrected chi connectivity index (χ4v) is 3.11. The number of nitrogens with two attached hydrogens (primary N) is 1. The van der Waals surface area contributed by atoms with Crippen LogP contribution in [0.3, 0.4) is 0 Å². The number of rotatable bonds is 6. The molecule has 0 radical (unpaired) electrons. The lowest BCUT2D eigenvalue weighted by Crippen LogP contribution is -2.56. The monoisotopic (exact) mass is 263 g/mol. The minimum Gasteiger partial charge on any atom is -0.494 e. The van der Waals surface area contributed by atoms with Crippen LogP contribution in [0.5, 0.6) is 5.75 Å². The van der Waals surface area contributed by atoms with E-state index in [2.05, 4.69) is 32.0 Å². The average Bonchev–Trinajstić information content (AvgIpc) is 2.33. The van der Waals surface area contributed by atoms with Crippen LogP contribution in [0.15, 0.2) is 24.3 Å². The molecule has 1 aromatic rings. The molecule has 19 heavy (non-hydrogen) atoms. The molecule has 106 valence electrons. The Labute approximate surface area is 116 Å². The topological polar surface area (TPSA) is 44.5 Å². The molecular formula is C16H25NO2. The van der Waals surface area contributed by atoms with Crippen LogP contribution < -0.4 is 10.5 Å². The maximum absolute atomic E-state index is 6.02. The predicted molar refractivity (Wildman–Crippen MR) is 77.5 cm³/mol. The van der Waals surface area contributed by atoms with E-state index < -0.39 is 0 Å². The van der Waals surface area contributed by atoms with Crippen molar-refractivity contribution in [3.8, 4) is 5.75 Å². The molecule has 1 unspecified atom stereocenters. The molecule has 0 amide bonds. The SMILES string of the molecule is CCOc1cccc(C2(C(CN)C(C)C)COC2)c1. The van der Waals surface area contributed by atoms with Crippen molar-refractivity contribution >= 4 is 0 Å². The molecule has 1 aromatic carbocycles. The average molecular weight is 263 g/mol. The standard InChI is InChI=1S/C16H25NO2/c1-4-19-14-7-5-6-13(8-14)16(10-18-11-16)15(9-17)12(2)3/h5-8,12,15H,4,9-11,17H2,1-3H3. The quantitative estimate of drug-likeness (QED) is 0.858. The third-order valence-electron chi connectivity index (χ3n) is 4.21. The highest BCUT2D eigenvalue weighted by Crippen LogP contribution is 2.43. The fraction of sp³-hybridized carbons (Fsp3) is 0.625. The molecule has 2 rings (SSSR count). The number of hydrogen-bond donors (Lipinski definition) is 1. The van der Waals surface area contributed by atoms with Gasteiger partial charge in [0.25, 0.3) is 0 Å². The summed E-state index contributed by atoms with van der Waals surface area (Å²) in [6.45, 7) is 9.41. The summed E-state index contributed by atoms with van der Waals surface area (Å²) in [7, 11) is 0. The highest BCUT2D eigenvalue weighted by atomic mass is 16.5. The first-order valence-corrected chi connectivity index (χ1v) is 7.15. The van der Waals surface area contributed by atoms with E-state index in [1.165, 1.54) is 5.56 Å². The Morgan fingerprint density at radius 1 is 1.37 bits per heavy atom. The third-order valence-corrected chi connectivity index (χ3v) is 4.21. The Kier molecular flexibility index (Phi) is 4.48. The smallest absolute Gasteiger partial charge is 0.119 e. The third kappa shape index (κ3) is 2.63. The van der Waals surface area contributed by atoms with Crippen molar-refractivity contribution in [1.29, 1.82) is 0 Å². The van der Waals surface area contributed by atoms with E-state index in [1.807, 2.05) is 13.0 Å². The van der Waals surface area contributed by atoms with Crippen LogP contribution in [0.2, 0.25) is 0 Å². The van der Waals surface area contributed by atoms with Crippen molar-refractivity contribution in [2.45, 2.75) is 26.2 Å². The Balaban J connectivity index is 2.32. The van der Waals surface area contributed by atoms with E-state index in [9.17, 15) is 0 Å². The summed E-state index contributed by atoms with van der Waals surface area (Å²) < 4.78 is 11.1.